The third kappa shape index (κ3) is 7.59. The highest BCUT2D eigenvalue weighted by Gasteiger charge is 2.04. The van der Waals surface area contributed by atoms with E-state index < -0.39 is 0 Å². The molecule has 12 heavy (non-hydrogen) atoms. The molecule has 0 heteroatoms. The predicted octanol–water partition coefficient (Wildman–Crippen LogP) is 4.19. The topological polar surface area (TPSA) is 0 Å². The summed E-state index contributed by atoms with van der Waals surface area (Å²) >= 11 is 0. The molecule has 0 saturated carbocycles. The Balaban J connectivity index is 3.83. The monoisotopic (exact) mass is 166 g/mol. The lowest BCUT2D eigenvalue weighted by molar-refractivity contribution is 0.537. The molecule has 70 valence electrons. The van der Waals surface area contributed by atoms with Crippen molar-refractivity contribution in [1.82, 2.24) is 0 Å². The average molecular weight is 166 g/mol. The zero-order valence-electron chi connectivity index (χ0n) is 9.09. The Morgan fingerprint density at radius 1 is 1.25 bits per heavy atom. The van der Waals surface area contributed by atoms with Crippen LogP contribution in [0.5, 0.6) is 0 Å². The van der Waals surface area contributed by atoms with Crippen LogP contribution in [0.3, 0.4) is 0 Å². The standard InChI is InChI=1S/C12H22/c1-6-7-8-11(2)9-10-12(3,4)5/h6-7,9-11H,8H2,1-5H3/b7-6-,10-9+. The summed E-state index contributed by atoms with van der Waals surface area (Å²) in [6, 6.07) is 0. The fraction of sp³-hybridized carbons (Fsp3) is 0.667. The van der Waals surface area contributed by atoms with Crippen LogP contribution in [0.2, 0.25) is 0 Å². The van der Waals surface area contributed by atoms with Gasteiger partial charge in [0.15, 0.2) is 0 Å². The second kappa shape index (κ2) is 5.18. The van der Waals surface area contributed by atoms with Crippen molar-refractivity contribution in [2.45, 2.75) is 41.0 Å². The van der Waals surface area contributed by atoms with Crippen LogP contribution in [0.4, 0.5) is 0 Å². The van der Waals surface area contributed by atoms with Crippen LogP contribution in [0, 0.1) is 11.3 Å². The molecule has 0 fully saturated rings. The molecule has 0 aromatic rings. The predicted molar refractivity (Wildman–Crippen MR) is 57.2 cm³/mol. The quantitative estimate of drug-likeness (QED) is 0.551. The van der Waals surface area contributed by atoms with E-state index in [1.54, 1.807) is 0 Å². The van der Waals surface area contributed by atoms with Gasteiger partial charge in [0, 0.05) is 0 Å². The summed E-state index contributed by atoms with van der Waals surface area (Å²) < 4.78 is 0. The van der Waals surface area contributed by atoms with Gasteiger partial charge >= 0.3 is 0 Å². The van der Waals surface area contributed by atoms with Gasteiger partial charge in [0.05, 0.1) is 0 Å². The maximum atomic E-state index is 2.31. The molecule has 0 saturated heterocycles. The Morgan fingerprint density at radius 2 is 1.83 bits per heavy atom. The third-order valence-electron chi connectivity index (χ3n) is 1.67. The van der Waals surface area contributed by atoms with E-state index in [1.807, 2.05) is 0 Å². The van der Waals surface area contributed by atoms with Gasteiger partial charge in [0.2, 0.25) is 0 Å². The van der Waals surface area contributed by atoms with Crippen molar-refractivity contribution in [2.24, 2.45) is 11.3 Å². The lowest BCUT2D eigenvalue weighted by atomic mass is 9.94. The molecule has 0 rings (SSSR count). The molecule has 0 aromatic heterocycles. The first-order chi connectivity index (χ1) is 5.45. The van der Waals surface area contributed by atoms with Crippen molar-refractivity contribution in [1.29, 1.82) is 0 Å². The zero-order valence-corrected chi connectivity index (χ0v) is 9.09. The van der Waals surface area contributed by atoms with Crippen molar-refractivity contribution < 1.29 is 0 Å². The van der Waals surface area contributed by atoms with Crippen LogP contribution in [-0.2, 0) is 0 Å². The maximum absolute atomic E-state index is 2.31. The van der Waals surface area contributed by atoms with Gasteiger partial charge in [-0.1, -0.05) is 52.0 Å². The molecule has 0 aliphatic heterocycles. The average Bonchev–Trinajstić information content (AvgIpc) is 1.95. The first-order valence-corrected chi connectivity index (χ1v) is 4.76. The fourth-order valence-electron chi connectivity index (χ4n) is 0.882. The van der Waals surface area contributed by atoms with E-state index in [1.165, 1.54) is 0 Å². The smallest absolute Gasteiger partial charge is 0.0203 e. The first kappa shape index (κ1) is 11.5. The minimum Gasteiger partial charge on any atom is -0.0916 e. The fourth-order valence-corrected chi connectivity index (χ4v) is 0.882. The summed E-state index contributed by atoms with van der Waals surface area (Å²) in [7, 11) is 0. The molecule has 1 unspecified atom stereocenters. The van der Waals surface area contributed by atoms with E-state index in [0.29, 0.717) is 11.3 Å². The Kier molecular flexibility index (Phi) is 4.96. The van der Waals surface area contributed by atoms with Gasteiger partial charge in [-0.2, -0.15) is 0 Å². The van der Waals surface area contributed by atoms with E-state index in [9.17, 15) is 0 Å². The van der Waals surface area contributed by atoms with Crippen molar-refractivity contribution >= 4 is 0 Å². The lowest BCUT2D eigenvalue weighted by Crippen LogP contribution is -2.00. The molecule has 0 spiro atoms. The van der Waals surface area contributed by atoms with Gasteiger partial charge in [-0.25, -0.2) is 0 Å². The maximum Gasteiger partial charge on any atom is -0.0203 e. The highest BCUT2D eigenvalue weighted by molar-refractivity contribution is 4.96. The Labute approximate surface area is 77.4 Å². The summed E-state index contributed by atoms with van der Waals surface area (Å²) in [5.74, 6) is 0.667. The van der Waals surface area contributed by atoms with Crippen LogP contribution in [0.25, 0.3) is 0 Å². The molecule has 0 aliphatic carbocycles. The van der Waals surface area contributed by atoms with Gasteiger partial charge in [0.1, 0.15) is 0 Å². The van der Waals surface area contributed by atoms with Crippen LogP contribution in [0.1, 0.15) is 41.0 Å². The summed E-state index contributed by atoms with van der Waals surface area (Å²) in [4.78, 5) is 0. The Hall–Kier alpha value is -0.520. The summed E-state index contributed by atoms with van der Waals surface area (Å²) in [5.41, 5.74) is 0.324. The van der Waals surface area contributed by atoms with E-state index in [2.05, 4.69) is 58.9 Å². The Morgan fingerprint density at radius 3 is 2.25 bits per heavy atom. The second-order valence-electron chi connectivity index (χ2n) is 4.51. The molecule has 0 nitrogen and oxygen atoms in total. The molecule has 0 radical (unpaired) electrons. The van der Waals surface area contributed by atoms with Gasteiger partial charge in [-0.15, -0.1) is 0 Å². The van der Waals surface area contributed by atoms with Gasteiger partial charge in [-0.3, -0.25) is 0 Å². The molecular formula is C12H22. The number of allylic oxidation sites excluding steroid dienone is 4. The van der Waals surface area contributed by atoms with Crippen LogP contribution < -0.4 is 0 Å². The minimum absolute atomic E-state index is 0.324. The van der Waals surface area contributed by atoms with Crippen molar-refractivity contribution in [2.75, 3.05) is 0 Å². The Bertz CT molecular complexity index is 155. The van der Waals surface area contributed by atoms with Crippen molar-refractivity contribution in [3.8, 4) is 0 Å². The molecule has 0 aromatic carbocycles. The van der Waals surface area contributed by atoms with Gasteiger partial charge in [0.25, 0.3) is 0 Å². The molecule has 0 heterocycles. The van der Waals surface area contributed by atoms with Crippen molar-refractivity contribution in [3.63, 3.8) is 0 Å². The van der Waals surface area contributed by atoms with E-state index in [-0.39, 0.29) is 0 Å². The van der Waals surface area contributed by atoms with Crippen LogP contribution in [0.15, 0.2) is 24.3 Å². The SMILES string of the molecule is C/C=C\CC(C)/C=C/C(C)(C)C. The lowest BCUT2D eigenvalue weighted by Gasteiger charge is -2.12. The first-order valence-electron chi connectivity index (χ1n) is 4.76. The molecule has 0 N–H and O–H groups in total. The van der Waals surface area contributed by atoms with Crippen LogP contribution >= 0.6 is 0 Å². The molecule has 0 bridgehead atoms. The van der Waals surface area contributed by atoms with Gasteiger partial charge in [-0.05, 0) is 24.7 Å². The van der Waals surface area contributed by atoms with Gasteiger partial charge < -0.3 is 0 Å². The molecule has 0 aliphatic rings. The minimum atomic E-state index is 0.324. The zero-order chi connectivity index (χ0) is 9.61. The molecule has 0 amide bonds. The highest BCUT2D eigenvalue weighted by atomic mass is 14.1. The molecular weight excluding hydrogens is 144 g/mol. The van der Waals surface area contributed by atoms with Crippen molar-refractivity contribution in [3.05, 3.63) is 24.3 Å². The van der Waals surface area contributed by atoms with E-state index >= 15 is 0 Å². The van der Waals surface area contributed by atoms with E-state index in [4.69, 9.17) is 0 Å². The van der Waals surface area contributed by atoms with E-state index in [0.717, 1.165) is 6.42 Å². The number of hydrogen-bond donors (Lipinski definition) is 0. The molecule has 1 atom stereocenters. The third-order valence-corrected chi connectivity index (χ3v) is 1.67. The highest BCUT2D eigenvalue weighted by Crippen LogP contribution is 2.17. The number of hydrogen-bond acceptors (Lipinski definition) is 0. The summed E-state index contributed by atoms with van der Waals surface area (Å²) in [6.07, 6.45) is 10.1. The van der Waals surface area contributed by atoms with Crippen LogP contribution in [-0.4, -0.2) is 0 Å². The summed E-state index contributed by atoms with van der Waals surface area (Å²) in [6.45, 7) is 11.0. The summed E-state index contributed by atoms with van der Waals surface area (Å²) in [5, 5.41) is 0. The second-order valence-corrected chi connectivity index (χ2v) is 4.51. The normalized spacial score (nSPS) is 16.1. The largest absolute Gasteiger partial charge is 0.0916 e. The number of rotatable bonds is 3.